The molecule has 0 aliphatic carbocycles. The zero-order valence-corrected chi connectivity index (χ0v) is 11.5. The molecule has 1 heterocycles. The summed E-state index contributed by atoms with van der Waals surface area (Å²) in [6.45, 7) is 1.78. The lowest BCUT2D eigenvalue weighted by Crippen LogP contribution is -2.41. The first-order valence-corrected chi connectivity index (χ1v) is 7.26. The second-order valence-electron chi connectivity index (χ2n) is 4.12. The molecule has 2 rings (SSSR count). The van der Waals surface area contributed by atoms with Crippen molar-refractivity contribution < 1.29 is 13.2 Å². The molecule has 2 N–H and O–H groups in total. The highest BCUT2D eigenvalue weighted by Gasteiger charge is 2.15. The van der Waals surface area contributed by atoms with Crippen molar-refractivity contribution in [3.63, 3.8) is 0 Å². The number of aromatic nitrogens is 1. The van der Waals surface area contributed by atoms with Crippen LogP contribution >= 0.6 is 0 Å². The van der Waals surface area contributed by atoms with Gasteiger partial charge in [-0.15, -0.1) is 4.83 Å². The number of aryl methyl sites for hydroxylation is 1. The molecule has 2 aromatic rings. The SMILES string of the molecule is Cc1cccc(S(=O)(=O)NNC(=O)c2cccnc2)c1. The molecule has 6 nitrogen and oxygen atoms in total. The van der Waals surface area contributed by atoms with Gasteiger partial charge in [-0.2, -0.15) is 0 Å². The molecule has 20 heavy (non-hydrogen) atoms. The predicted molar refractivity (Wildman–Crippen MR) is 73.2 cm³/mol. The van der Waals surface area contributed by atoms with Crippen LogP contribution in [0, 0.1) is 6.92 Å². The highest BCUT2D eigenvalue weighted by Crippen LogP contribution is 2.09. The van der Waals surface area contributed by atoms with E-state index in [1.54, 1.807) is 25.1 Å². The van der Waals surface area contributed by atoms with E-state index in [1.165, 1.54) is 30.6 Å². The van der Waals surface area contributed by atoms with Crippen molar-refractivity contribution in [3.8, 4) is 0 Å². The van der Waals surface area contributed by atoms with Gasteiger partial charge in [-0.1, -0.05) is 12.1 Å². The summed E-state index contributed by atoms with van der Waals surface area (Å²) in [6, 6.07) is 9.50. The molecule has 0 atom stereocenters. The smallest absolute Gasteiger partial charge is 0.267 e. The van der Waals surface area contributed by atoms with Crippen molar-refractivity contribution in [3.05, 3.63) is 59.9 Å². The second-order valence-corrected chi connectivity index (χ2v) is 5.80. The molecule has 7 heteroatoms. The molecule has 0 radical (unpaired) electrons. The molecule has 0 unspecified atom stereocenters. The normalized spacial score (nSPS) is 11.1. The first-order chi connectivity index (χ1) is 9.49. The number of nitrogens with zero attached hydrogens (tertiary/aromatic N) is 1. The maximum atomic E-state index is 12.0. The minimum absolute atomic E-state index is 0.0870. The van der Waals surface area contributed by atoms with Crippen LogP contribution in [0.2, 0.25) is 0 Å². The minimum Gasteiger partial charge on any atom is -0.273 e. The van der Waals surface area contributed by atoms with Gasteiger partial charge < -0.3 is 0 Å². The standard InChI is InChI=1S/C13H13N3O3S/c1-10-4-2-6-12(8-10)20(18,19)16-15-13(17)11-5-3-7-14-9-11/h2-9,16H,1H3,(H,15,17). The van der Waals surface area contributed by atoms with E-state index in [0.717, 1.165) is 5.56 Å². The summed E-state index contributed by atoms with van der Waals surface area (Å²) in [6.07, 6.45) is 2.87. The number of amides is 1. The Morgan fingerprint density at radius 2 is 2.00 bits per heavy atom. The molecule has 0 bridgehead atoms. The van der Waals surface area contributed by atoms with Gasteiger partial charge in [0.15, 0.2) is 0 Å². The Balaban J connectivity index is 2.09. The molecule has 104 valence electrons. The van der Waals surface area contributed by atoms with Crippen LogP contribution in [0.5, 0.6) is 0 Å². The van der Waals surface area contributed by atoms with Gasteiger partial charge in [-0.3, -0.25) is 15.2 Å². The fourth-order valence-electron chi connectivity index (χ4n) is 1.52. The van der Waals surface area contributed by atoms with Crippen molar-refractivity contribution in [1.82, 2.24) is 15.2 Å². The van der Waals surface area contributed by atoms with Crippen LogP contribution in [-0.2, 0) is 10.0 Å². The third-order valence-electron chi connectivity index (χ3n) is 2.52. The summed E-state index contributed by atoms with van der Waals surface area (Å²) in [5.74, 6) is -0.575. The van der Waals surface area contributed by atoms with Gasteiger partial charge in [0.25, 0.3) is 15.9 Å². The highest BCUT2D eigenvalue weighted by molar-refractivity contribution is 7.89. The zero-order chi connectivity index (χ0) is 14.6. The zero-order valence-electron chi connectivity index (χ0n) is 10.7. The van der Waals surface area contributed by atoms with Gasteiger partial charge in [0.1, 0.15) is 0 Å². The summed E-state index contributed by atoms with van der Waals surface area (Å²) in [4.78, 5) is 17.6. The number of carbonyl (C=O) groups excluding carboxylic acids is 1. The quantitative estimate of drug-likeness (QED) is 0.823. The lowest BCUT2D eigenvalue weighted by Gasteiger charge is -2.08. The summed E-state index contributed by atoms with van der Waals surface area (Å²) >= 11 is 0. The Morgan fingerprint density at radius 3 is 2.65 bits per heavy atom. The monoisotopic (exact) mass is 291 g/mol. The van der Waals surface area contributed by atoms with Crippen molar-refractivity contribution >= 4 is 15.9 Å². The molecule has 0 spiro atoms. The van der Waals surface area contributed by atoms with Crippen LogP contribution in [0.25, 0.3) is 0 Å². The van der Waals surface area contributed by atoms with Crippen molar-refractivity contribution in [2.75, 3.05) is 0 Å². The Bertz CT molecular complexity index is 715. The lowest BCUT2D eigenvalue weighted by atomic mass is 10.2. The average Bonchev–Trinajstić information content (AvgIpc) is 2.46. The second kappa shape index (κ2) is 5.81. The van der Waals surface area contributed by atoms with E-state index in [1.807, 2.05) is 4.83 Å². The highest BCUT2D eigenvalue weighted by atomic mass is 32.2. The van der Waals surface area contributed by atoms with Gasteiger partial charge in [-0.05, 0) is 36.8 Å². The molecule has 1 aromatic heterocycles. The van der Waals surface area contributed by atoms with E-state index in [4.69, 9.17) is 0 Å². The summed E-state index contributed by atoms with van der Waals surface area (Å²) in [5.41, 5.74) is 3.22. The van der Waals surface area contributed by atoms with Gasteiger partial charge in [-0.25, -0.2) is 8.42 Å². The Hall–Kier alpha value is -2.25. The molecule has 0 saturated carbocycles. The van der Waals surface area contributed by atoms with Gasteiger partial charge in [0.05, 0.1) is 10.5 Å². The molecule has 1 amide bonds. The summed E-state index contributed by atoms with van der Waals surface area (Å²) in [7, 11) is -3.79. The number of rotatable bonds is 4. The van der Waals surface area contributed by atoms with E-state index in [0.29, 0.717) is 0 Å². The van der Waals surface area contributed by atoms with Crippen LogP contribution < -0.4 is 10.3 Å². The molecule has 1 aromatic carbocycles. The molecular weight excluding hydrogens is 278 g/mol. The molecule has 0 saturated heterocycles. The number of nitrogens with one attached hydrogen (secondary N) is 2. The molecule has 0 aliphatic heterocycles. The van der Waals surface area contributed by atoms with E-state index in [9.17, 15) is 13.2 Å². The Kier molecular flexibility index (Phi) is 4.11. The topological polar surface area (TPSA) is 88.2 Å². The summed E-state index contributed by atoms with van der Waals surface area (Å²) < 4.78 is 24.0. The Labute approximate surface area is 116 Å². The average molecular weight is 291 g/mol. The first kappa shape index (κ1) is 14.2. The van der Waals surface area contributed by atoms with Gasteiger partial charge >= 0.3 is 0 Å². The third kappa shape index (κ3) is 3.40. The summed E-state index contributed by atoms with van der Waals surface area (Å²) in [5, 5.41) is 0. The van der Waals surface area contributed by atoms with Crippen LogP contribution in [0.3, 0.4) is 0 Å². The van der Waals surface area contributed by atoms with Gasteiger partial charge in [0.2, 0.25) is 0 Å². The first-order valence-electron chi connectivity index (χ1n) is 5.78. The van der Waals surface area contributed by atoms with Crippen LogP contribution in [-0.4, -0.2) is 19.3 Å². The number of sulfonamides is 1. The van der Waals surface area contributed by atoms with E-state index < -0.39 is 15.9 Å². The van der Waals surface area contributed by atoms with Crippen LogP contribution in [0.15, 0.2) is 53.7 Å². The van der Waals surface area contributed by atoms with Crippen LogP contribution in [0.4, 0.5) is 0 Å². The largest absolute Gasteiger partial charge is 0.273 e. The predicted octanol–water partition coefficient (Wildman–Crippen LogP) is 1.01. The molecule has 0 aliphatic rings. The maximum absolute atomic E-state index is 12.0. The van der Waals surface area contributed by atoms with Gasteiger partial charge in [0, 0.05) is 12.4 Å². The van der Waals surface area contributed by atoms with E-state index in [-0.39, 0.29) is 10.5 Å². The fourth-order valence-corrected chi connectivity index (χ4v) is 2.47. The van der Waals surface area contributed by atoms with E-state index in [2.05, 4.69) is 10.4 Å². The van der Waals surface area contributed by atoms with E-state index >= 15 is 0 Å². The Morgan fingerprint density at radius 1 is 1.20 bits per heavy atom. The number of carbonyl (C=O) groups is 1. The number of pyridine rings is 1. The number of hydrogen-bond donors (Lipinski definition) is 2. The minimum atomic E-state index is -3.79. The molecule has 0 fully saturated rings. The molecular formula is C13H13N3O3S. The fraction of sp³-hybridized carbons (Fsp3) is 0.0769. The number of hydrogen-bond acceptors (Lipinski definition) is 4. The van der Waals surface area contributed by atoms with Crippen molar-refractivity contribution in [2.45, 2.75) is 11.8 Å². The maximum Gasteiger partial charge on any atom is 0.267 e. The van der Waals surface area contributed by atoms with Crippen molar-refractivity contribution in [1.29, 1.82) is 0 Å². The number of hydrazine groups is 1. The van der Waals surface area contributed by atoms with Crippen LogP contribution in [0.1, 0.15) is 15.9 Å². The van der Waals surface area contributed by atoms with Crippen molar-refractivity contribution in [2.24, 2.45) is 0 Å². The lowest BCUT2D eigenvalue weighted by molar-refractivity contribution is 0.0944. The number of benzene rings is 1. The third-order valence-corrected chi connectivity index (χ3v) is 3.77.